The van der Waals surface area contributed by atoms with E-state index in [0.29, 0.717) is 11.3 Å². The van der Waals surface area contributed by atoms with Crippen LogP contribution in [0.3, 0.4) is 0 Å². The monoisotopic (exact) mass is 195 g/mol. The van der Waals surface area contributed by atoms with Gasteiger partial charge in [0.05, 0.1) is 14.2 Å². The number of aryl methyl sites for hydroxylation is 1. The van der Waals surface area contributed by atoms with Crippen LogP contribution in [-0.4, -0.2) is 25.2 Å². The Kier molecular flexibility index (Phi) is 3.06. The van der Waals surface area contributed by atoms with Crippen molar-refractivity contribution in [2.45, 2.75) is 13.8 Å². The maximum absolute atomic E-state index is 11.3. The molecule has 4 heteroatoms. The number of rotatable bonds is 2. The van der Waals surface area contributed by atoms with Crippen LogP contribution in [0.15, 0.2) is 6.20 Å². The van der Waals surface area contributed by atoms with Gasteiger partial charge in [-0.1, -0.05) is 0 Å². The van der Waals surface area contributed by atoms with Gasteiger partial charge in [0, 0.05) is 17.5 Å². The van der Waals surface area contributed by atoms with Gasteiger partial charge in [0.25, 0.3) is 0 Å². The predicted molar refractivity (Wildman–Crippen MR) is 51.6 cm³/mol. The van der Waals surface area contributed by atoms with E-state index in [1.54, 1.807) is 0 Å². The number of pyridine rings is 1. The van der Waals surface area contributed by atoms with Gasteiger partial charge in [-0.25, -0.2) is 4.79 Å². The largest absolute Gasteiger partial charge is 0.495 e. The van der Waals surface area contributed by atoms with E-state index in [4.69, 9.17) is 4.74 Å². The molecule has 1 aromatic heterocycles. The third-order valence-corrected chi connectivity index (χ3v) is 2.12. The van der Waals surface area contributed by atoms with Crippen molar-refractivity contribution in [2.24, 2.45) is 0 Å². The number of methoxy groups -OCH3 is 2. The molecule has 1 aromatic rings. The molecule has 0 fully saturated rings. The second-order valence-electron chi connectivity index (χ2n) is 2.91. The van der Waals surface area contributed by atoms with Gasteiger partial charge >= 0.3 is 5.97 Å². The number of aromatic nitrogens is 1. The average molecular weight is 195 g/mol. The number of carbonyl (C=O) groups is 1. The molecule has 76 valence electrons. The fourth-order valence-electron chi connectivity index (χ4n) is 1.20. The molecule has 0 radical (unpaired) electrons. The van der Waals surface area contributed by atoms with Crippen LogP contribution >= 0.6 is 0 Å². The summed E-state index contributed by atoms with van der Waals surface area (Å²) >= 11 is 0. The minimum Gasteiger partial charge on any atom is -0.495 e. The third kappa shape index (κ3) is 1.69. The minimum absolute atomic E-state index is 0.359. The second-order valence-corrected chi connectivity index (χ2v) is 2.91. The highest BCUT2D eigenvalue weighted by molar-refractivity contribution is 5.92. The molecule has 0 unspecified atom stereocenters. The molecule has 1 rings (SSSR count). The molecule has 0 aliphatic heterocycles. The van der Waals surface area contributed by atoms with E-state index in [1.165, 1.54) is 20.4 Å². The molecular formula is C10H13NO3. The zero-order chi connectivity index (χ0) is 10.7. The molecule has 0 amide bonds. The van der Waals surface area contributed by atoms with Crippen molar-refractivity contribution in [2.75, 3.05) is 14.2 Å². The summed E-state index contributed by atoms with van der Waals surface area (Å²) in [5, 5.41) is 0. The Bertz CT molecular complexity index is 361. The fourth-order valence-corrected chi connectivity index (χ4v) is 1.20. The first-order valence-electron chi connectivity index (χ1n) is 4.20. The number of hydrogen-bond acceptors (Lipinski definition) is 4. The Labute approximate surface area is 82.9 Å². The maximum atomic E-state index is 11.3. The van der Waals surface area contributed by atoms with Gasteiger partial charge in [-0.2, -0.15) is 0 Å². The molecule has 0 saturated heterocycles. The standard InChI is InChI=1S/C10H13NO3/c1-6-7(2)11-5-8(9(6)13-3)10(12)14-4/h5H,1-4H3. The first kappa shape index (κ1) is 10.5. The van der Waals surface area contributed by atoms with Crippen molar-refractivity contribution >= 4 is 5.97 Å². The van der Waals surface area contributed by atoms with E-state index < -0.39 is 5.97 Å². The zero-order valence-corrected chi connectivity index (χ0v) is 8.75. The van der Waals surface area contributed by atoms with Crippen LogP contribution in [0.4, 0.5) is 0 Å². The van der Waals surface area contributed by atoms with Crippen LogP contribution in [0, 0.1) is 13.8 Å². The summed E-state index contributed by atoms with van der Waals surface area (Å²) in [6.45, 7) is 3.71. The highest BCUT2D eigenvalue weighted by Crippen LogP contribution is 2.24. The van der Waals surface area contributed by atoms with E-state index in [9.17, 15) is 4.79 Å². The van der Waals surface area contributed by atoms with Crippen LogP contribution in [-0.2, 0) is 4.74 Å². The molecule has 0 aliphatic carbocycles. The summed E-state index contributed by atoms with van der Waals surface area (Å²) in [6, 6.07) is 0. The van der Waals surface area contributed by atoms with Crippen LogP contribution < -0.4 is 4.74 Å². The molecule has 1 heterocycles. The van der Waals surface area contributed by atoms with Crippen molar-refractivity contribution in [3.63, 3.8) is 0 Å². The molecule has 0 saturated carbocycles. The van der Waals surface area contributed by atoms with Crippen molar-refractivity contribution in [3.05, 3.63) is 23.0 Å². The van der Waals surface area contributed by atoms with Crippen LogP contribution in [0.2, 0.25) is 0 Å². The number of esters is 1. The topological polar surface area (TPSA) is 48.4 Å². The SMILES string of the molecule is COC(=O)c1cnc(C)c(C)c1OC. The average Bonchev–Trinajstić information content (AvgIpc) is 2.20. The molecule has 4 nitrogen and oxygen atoms in total. The molecule has 14 heavy (non-hydrogen) atoms. The lowest BCUT2D eigenvalue weighted by Gasteiger charge is -2.10. The van der Waals surface area contributed by atoms with Crippen molar-refractivity contribution in [1.82, 2.24) is 4.98 Å². The van der Waals surface area contributed by atoms with E-state index in [0.717, 1.165) is 11.3 Å². The highest BCUT2D eigenvalue weighted by Gasteiger charge is 2.16. The molecule has 0 bridgehead atoms. The Hall–Kier alpha value is -1.58. The lowest BCUT2D eigenvalue weighted by atomic mass is 10.1. The normalized spacial score (nSPS) is 9.71. The Morgan fingerprint density at radius 2 is 2.00 bits per heavy atom. The zero-order valence-electron chi connectivity index (χ0n) is 8.75. The number of nitrogens with zero attached hydrogens (tertiary/aromatic N) is 1. The molecule has 0 aliphatic rings. The number of carbonyl (C=O) groups excluding carboxylic acids is 1. The van der Waals surface area contributed by atoms with E-state index >= 15 is 0 Å². The van der Waals surface area contributed by atoms with Gasteiger partial charge < -0.3 is 9.47 Å². The summed E-state index contributed by atoms with van der Waals surface area (Å²) in [5.74, 6) is 0.0989. The van der Waals surface area contributed by atoms with Crippen molar-refractivity contribution < 1.29 is 14.3 Å². The third-order valence-electron chi connectivity index (χ3n) is 2.12. The Morgan fingerprint density at radius 3 is 2.50 bits per heavy atom. The predicted octanol–water partition coefficient (Wildman–Crippen LogP) is 1.49. The van der Waals surface area contributed by atoms with Crippen LogP contribution in [0.1, 0.15) is 21.6 Å². The first-order chi connectivity index (χ1) is 6.61. The molecular weight excluding hydrogens is 182 g/mol. The lowest BCUT2D eigenvalue weighted by Crippen LogP contribution is -2.07. The minimum atomic E-state index is -0.433. The van der Waals surface area contributed by atoms with Crippen molar-refractivity contribution in [3.8, 4) is 5.75 Å². The summed E-state index contributed by atoms with van der Waals surface area (Å²) in [4.78, 5) is 15.4. The van der Waals surface area contributed by atoms with Gasteiger partial charge in [-0.15, -0.1) is 0 Å². The fraction of sp³-hybridized carbons (Fsp3) is 0.400. The van der Waals surface area contributed by atoms with Crippen LogP contribution in [0.5, 0.6) is 5.75 Å². The smallest absolute Gasteiger partial charge is 0.343 e. The van der Waals surface area contributed by atoms with Crippen molar-refractivity contribution in [1.29, 1.82) is 0 Å². The van der Waals surface area contributed by atoms with Gasteiger partial charge in [0.2, 0.25) is 0 Å². The lowest BCUT2D eigenvalue weighted by molar-refractivity contribution is 0.0596. The molecule has 0 aromatic carbocycles. The molecule has 0 atom stereocenters. The summed E-state index contributed by atoms with van der Waals surface area (Å²) in [6.07, 6.45) is 1.47. The quantitative estimate of drug-likeness (QED) is 0.671. The van der Waals surface area contributed by atoms with Gasteiger partial charge in [-0.3, -0.25) is 4.98 Å². The Morgan fingerprint density at radius 1 is 1.36 bits per heavy atom. The van der Waals surface area contributed by atoms with Crippen LogP contribution in [0.25, 0.3) is 0 Å². The molecule has 0 spiro atoms. The summed E-state index contributed by atoms with van der Waals surface area (Å²) in [7, 11) is 2.85. The van der Waals surface area contributed by atoms with E-state index in [2.05, 4.69) is 9.72 Å². The van der Waals surface area contributed by atoms with E-state index in [1.807, 2.05) is 13.8 Å². The summed E-state index contributed by atoms with van der Waals surface area (Å²) in [5.41, 5.74) is 2.06. The number of hydrogen-bond donors (Lipinski definition) is 0. The van der Waals surface area contributed by atoms with Gasteiger partial charge in [-0.05, 0) is 13.8 Å². The van der Waals surface area contributed by atoms with Gasteiger partial charge in [0.15, 0.2) is 0 Å². The maximum Gasteiger partial charge on any atom is 0.343 e. The second kappa shape index (κ2) is 4.09. The molecule has 0 N–H and O–H groups in total. The van der Waals surface area contributed by atoms with Gasteiger partial charge in [0.1, 0.15) is 11.3 Å². The summed E-state index contributed by atoms with van der Waals surface area (Å²) < 4.78 is 9.75. The first-order valence-corrected chi connectivity index (χ1v) is 4.20. The Balaban J connectivity index is 3.31. The van der Waals surface area contributed by atoms with E-state index in [-0.39, 0.29) is 0 Å². The highest BCUT2D eigenvalue weighted by atomic mass is 16.5. The number of ether oxygens (including phenoxy) is 2.